The number of nitrogens with zero attached hydrogens (tertiary/aromatic N) is 1. The molecule has 33 heavy (non-hydrogen) atoms. The summed E-state index contributed by atoms with van der Waals surface area (Å²) in [6.07, 6.45) is 2.58. The van der Waals surface area contributed by atoms with Crippen molar-refractivity contribution < 1.29 is 29.3 Å². The lowest BCUT2D eigenvalue weighted by Crippen LogP contribution is -2.31. The first kappa shape index (κ1) is 23.5. The smallest absolute Gasteiger partial charge is 0.478 e. The van der Waals surface area contributed by atoms with E-state index in [1.54, 1.807) is 48.5 Å². The molecule has 0 bridgehead atoms. The van der Waals surface area contributed by atoms with Crippen molar-refractivity contribution in [2.24, 2.45) is 0 Å². The molecule has 168 valence electrons. The van der Waals surface area contributed by atoms with Gasteiger partial charge in [0.15, 0.2) is 0 Å². The van der Waals surface area contributed by atoms with Crippen molar-refractivity contribution in [1.82, 2.24) is 0 Å². The van der Waals surface area contributed by atoms with Crippen LogP contribution in [0.2, 0.25) is 0 Å². The van der Waals surface area contributed by atoms with Gasteiger partial charge in [-0.3, -0.25) is 4.79 Å². The van der Waals surface area contributed by atoms with Crippen LogP contribution in [0.25, 0.3) is 16.5 Å². The number of anilines is 1. The summed E-state index contributed by atoms with van der Waals surface area (Å²) in [7, 11) is 0. The fourth-order valence-corrected chi connectivity index (χ4v) is 4.06. The Morgan fingerprint density at radius 2 is 1.73 bits per heavy atom. The minimum Gasteiger partial charge on any atom is -0.478 e. The predicted octanol–water partition coefficient (Wildman–Crippen LogP) is 5.71. The highest BCUT2D eigenvalue weighted by molar-refractivity contribution is 7.18. The number of amides is 1. The van der Waals surface area contributed by atoms with Crippen LogP contribution in [0, 0.1) is 6.92 Å². The Morgan fingerprint density at radius 1 is 1.06 bits per heavy atom. The van der Waals surface area contributed by atoms with Gasteiger partial charge in [-0.05, 0) is 42.3 Å². The van der Waals surface area contributed by atoms with Gasteiger partial charge in [-0.15, -0.1) is 6.58 Å². The third-order valence-electron chi connectivity index (χ3n) is 4.62. The van der Waals surface area contributed by atoms with E-state index in [0.29, 0.717) is 21.7 Å². The number of carbonyl (C=O) groups excluding carboxylic acids is 1. The molecule has 2 N–H and O–H groups in total. The third kappa shape index (κ3) is 5.96. The number of carboxylic acids is 1. The zero-order chi connectivity index (χ0) is 24.0. The lowest BCUT2D eigenvalue weighted by molar-refractivity contribution is -0.131. The van der Waals surface area contributed by atoms with Gasteiger partial charge in [0.2, 0.25) is 5.06 Å². The zero-order valence-corrected chi connectivity index (χ0v) is 18.5. The number of hydrogen-bond acceptors (Lipinski definition) is 5. The normalized spacial score (nSPS) is 10.7. The number of carbonyl (C=O) groups is 3. The lowest BCUT2D eigenvalue weighted by Gasteiger charge is -2.21. The lowest BCUT2D eigenvalue weighted by atomic mass is 10.1. The number of thiophene rings is 1. The summed E-state index contributed by atoms with van der Waals surface area (Å²) >= 11 is 1.09. The average molecular weight is 464 g/mol. The van der Waals surface area contributed by atoms with Gasteiger partial charge in [0.05, 0.1) is 5.69 Å². The molecule has 1 aromatic heterocycles. The molecule has 1 amide bonds. The van der Waals surface area contributed by atoms with Gasteiger partial charge in [0, 0.05) is 23.1 Å². The highest BCUT2D eigenvalue weighted by atomic mass is 32.1. The van der Waals surface area contributed by atoms with Crippen LogP contribution in [0.4, 0.5) is 10.5 Å². The quantitative estimate of drug-likeness (QED) is 0.252. The van der Waals surface area contributed by atoms with Crippen LogP contribution in [0.3, 0.4) is 0 Å². The number of benzene rings is 2. The van der Waals surface area contributed by atoms with Crippen LogP contribution in [-0.2, 0) is 4.79 Å². The first-order valence-corrected chi connectivity index (χ1v) is 10.7. The van der Waals surface area contributed by atoms with E-state index in [0.717, 1.165) is 28.5 Å². The first-order chi connectivity index (χ1) is 15.8. The summed E-state index contributed by atoms with van der Waals surface area (Å²) in [6, 6.07) is 15.8. The Hall–Kier alpha value is -4.17. The molecule has 0 saturated heterocycles. The van der Waals surface area contributed by atoms with E-state index in [1.807, 2.05) is 19.1 Å². The largest absolute Gasteiger partial charge is 0.512 e. The Morgan fingerprint density at radius 3 is 2.30 bits per heavy atom. The summed E-state index contributed by atoms with van der Waals surface area (Å²) < 4.78 is 5.00. The number of aryl methyl sites for hydroxylation is 1. The van der Waals surface area contributed by atoms with E-state index in [1.165, 1.54) is 11.0 Å². The van der Waals surface area contributed by atoms with Crippen molar-refractivity contribution in [1.29, 1.82) is 0 Å². The van der Waals surface area contributed by atoms with Crippen molar-refractivity contribution >= 4 is 41.1 Å². The van der Waals surface area contributed by atoms with Crippen molar-refractivity contribution in [2.45, 2.75) is 6.92 Å². The Labute approximate surface area is 194 Å². The van der Waals surface area contributed by atoms with Crippen molar-refractivity contribution in [3.8, 4) is 15.5 Å². The van der Waals surface area contributed by atoms with E-state index in [9.17, 15) is 19.5 Å². The molecule has 2 aromatic carbocycles. The van der Waals surface area contributed by atoms with Crippen molar-refractivity contribution in [2.75, 3.05) is 11.4 Å². The topological polar surface area (TPSA) is 104 Å². The molecule has 0 aliphatic carbocycles. The molecule has 3 rings (SSSR count). The summed E-state index contributed by atoms with van der Waals surface area (Å²) in [5, 5.41) is 18.0. The van der Waals surface area contributed by atoms with Crippen LogP contribution in [0.5, 0.6) is 5.06 Å². The van der Waals surface area contributed by atoms with E-state index in [-0.39, 0.29) is 17.5 Å². The second-order valence-electron chi connectivity index (χ2n) is 7.02. The maximum absolute atomic E-state index is 13.2. The second kappa shape index (κ2) is 10.4. The highest BCUT2D eigenvalue weighted by Crippen LogP contribution is 2.43. The van der Waals surface area contributed by atoms with Gasteiger partial charge < -0.3 is 19.8 Å². The maximum Gasteiger partial charge on any atom is 0.512 e. The van der Waals surface area contributed by atoms with Crippen LogP contribution < -0.4 is 9.64 Å². The molecule has 0 unspecified atom stereocenters. The SMILES string of the molecule is C=CCN(C(=O)c1ccc(C)cc1)c1cc(-c2ccc(C=CC(=O)O)cc2)sc1OC(=O)O. The summed E-state index contributed by atoms with van der Waals surface area (Å²) in [4.78, 5) is 37.3. The summed E-state index contributed by atoms with van der Waals surface area (Å²) in [5.41, 5.74) is 3.23. The number of rotatable bonds is 8. The molecule has 0 radical (unpaired) electrons. The number of ether oxygens (including phenoxy) is 1. The maximum atomic E-state index is 13.2. The average Bonchev–Trinajstić information content (AvgIpc) is 3.19. The molecular formula is C25H21NO6S. The number of carboxylic acid groups (broad SMARTS) is 2. The molecule has 0 saturated carbocycles. The molecule has 3 aromatic rings. The Kier molecular flexibility index (Phi) is 7.42. The van der Waals surface area contributed by atoms with Gasteiger partial charge in [0.25, 0.3) is 5.91 Å². The van der Waals surface area contributed by atoms with Crippen LogP contribution >= 0.6 is 11.3 Å². The van der Waals surface area contributed by atoms with Crippen LogP contribution in [0.1, 0.15) is 21.5 Å². The highest BCUT2D eigenvalue weighted by Gasteiger charge is 2.25. The van der Waals surface area contributed by atoms with Gasteiger partial charge in [-0.25, -0.2) is 9.59 Å². The van der Waals surface area contributed by atoms with E-state index in [2.05, 4.69) is 6.58 Å². The van der Waals surface area contributed by atoms with Crippen molar-refractivity contribution in [3.05, 3.63) is 90.0 Å². The molecule has 0 atom stereocenters. The Balaban J connectivity index is 2.01. The monoisotopic (exact) mass is 463 g/mol. The summed E-state index contributed by atoms with van der Waals surface area (Å²) in [6.45, 7) is 5.79. The van der Waals surface area contributed by atoms with Crippen molar-refractivity contribution in [3.63, 3.8) is 0 Å². The van der Waals surface area contributed by atoms with Gasteiger partial charge in [-0.1, -0.05) is 59.4 Å². The summed E-state index contributed by atoms with van der Waals surface area (Å²) in [5.74, 6) is -1.36. The van der Waals surface area contributed by atoms with E-state index < -0.39 is 12.1 Å². The molecule has 1 heterocycles. The molecule has 0 spiro atoms. The minimum atomic E-state index is -1.49. The second-order valence-corrected chi connectivity index (χ2v) is 8.03. The molecule has 0 fully saturated rings. The fraction of sp³-hybridized carbons (Fsp3) is 0.0800. The number of hydrogen-bond donors (Lipinski definition) is 2. The standard InChI is InChI=1S/C25H21NO6S/c1-3-14-26(23(29)19-9-4-16(2)5-10-19)20-15-21(33-24(20)32-25(30)31)18-11-6-17(7-12-18)8-13-22(27)28/h3-13,15H,1,14H2,2H3,(H,27,28)(H,30,31). The van der Waals surface area contributed by atoms with E-state index in [4.69, 9.17) is 9.84 Å². The van der Waals surface area contributed by atoms with Gasteiger partial charge in [0.1, 0.15) is 0 Å². The zero-order valence-electron chi connectivity index (χ0n) is 17.7. The van der Waals surface area contributed by atoms with Gasteiger partial charge in [-0.2, -0.15) is 0 Å². The van der Waals surface area contributed by atoms with Gasteiger partial charge >= 0.3 is 12.1 Å². The molecule has 8 heteroatoms. The first-order valence-electron chi connectivity index (χ1n) is 9.84. The van der Waals surface area contributed by atoms with E-state index >= 15 is 0 Å². The molecule has 0 aliphatic rings. The van der Waals surface area contributed by atoms with Crippen LogP contribution in [-0.4, -0.2) is 34.8 Å². The molecule has 7 nitrogen and oxygen atoms in total. The Bertz CT molecular complexity index is 1210. The molecular weight excluding hydrogens is 442 g/mol. The fourth-order valence-electron chi connectivity index (χ4n) is 3.05. The van der Waals surface area contributed by atoms with Crippen LogP contribution in [0.15, 0.2) is 73.3 Å². The number of aliphatic carboxylic acids is 1. The predicted molar refractivity (Wildman–Crippen MR) is 128 cm³/mol. The third-order valence-corrected chi connectivity index (χ3v) is 5.67. The minimum absolute atomic E-state index is 0.0645. The molecule has 0 aliphatic heterocycles.